The van der Waals surface area contributed by atoms with E-state index in [4.69, 9.17) is 9.47 Å². The van der Waals surface area contributed by atoms with Gasteiger partial charge in [0.15, 0.2) is 5.96 Å². The van der Waals surface area contributed by atoms with Gasteiger partial charge in [0.05, 0.1) is 6.10 Å². The Morgan fingerprint density at radius 2 is 1.90 bits per heavy atom. The van der Waals surface area contributed by atoms with E-state index in [1.807, 2.05) is 37.3 Å². The van der Waals surface area contributed by atoms with Gasteiger partial charge in [-0.2, -0.15) is 0 Å². The lowest BCUT2D eigenvalue weighted by molar-refractivity contribution is -0.119. The molecule has 1 aliphatic rings. The number of rotatable bonds is 10. The maximum Gasteiger partial charge on any atom is 0.242 e. The summed E-state index contributed by atoms with van der Waals surface area (Å²) in [5.41, 5.74) is 1.08. The lowest BCUT2D eigenvalue weighted by Crippen LogP contribution is -2.47. The molecule has 7 nitrogen and oxygen atoms in total. The van der Waals surface area contributed by atoms with Crippen LogP contribution in [0.4, 0.5) is 0 Å². The Labute approximate surface area is 191 Å². The minimum atomic E-state index is -0.0735. The van der Waals surface area contributed by atoms with Gasteiger partial charge in [-0.05, 0) is 31.7 Å². The number of hydrogen-bond donors (Lipinski definition) is 2. The van der Waals surface area contributed by atoms with Gasteiger partial charge in [0, 0.05) is 46.5 Å². The first-order chi connectivity index (χ1) is 13.7. The highest BCUT2D eigenvalue weighted by Gasteiger charge is 2.22. The minimum absolute atomic E-state index is 0. The summed E-state index contributed by atoms with van der Waals surface area (Å²) in [6, 6.07) is 9.89. The summed E-state index contributed by atoms with van der Waals surface area (Å²) in [6.45, 7) is 6.71. The van der Waals surface area contributed by atoms with Crippen LogP contribution in [0.3, 0.4) is 0 Å². The second-order valence-corrected chi connectivity index (χ2v) is 6.84. The molecule has 1 aromatic carbocycles. The van der Waals surface area contributed by atoms with E-state index in [1.54, 1.807) is 7.11 Å². The summed E-state index contributed by atoms with van der Waals surface area (Å²) in [6.07, 6.45) is 3.17. The van der Waals surface area contributed by atoms with Crippen molar-refractivity contribution in [3.63, 3.8) is 0 Å². The SMILES string of the molecule is CCNC(=NCC(=O)NCc1ccccc1)N1CCC(OCCCOC)CC1.I. The number of likely N-dealkylation sites (tertiary alicyclic amines) is 1. The first kappa shape index (κ1) is 25.6. The zero-order chi connectivity index (χ0) is 20.0. The topological polar surface area (TPSA) is 75.2 Å². The summed E-state index contributed by atoms with van der Waals surface area (Å²) >= 11 is 0. The number of nitrogens with zero attached hydrogens (tertiary/aromatic N) is 2. The van der Waals surface area contributed by atoms with Gasteiger partial charge < -0.3 is 25.0 Å². The first-order valence-corrected chi connectivity index (χ1v) is 10.2. The maximum atomic E-state index is 12.1. The fraction of sp³-hybridized carbons (Fsp3) is 0.619. The van der Waals surface area contributed by atoms with E-state index in [-0.39, 0.29) is 36.4 Å². The summed E-state index contributed by atoms with van der Waals surface area (Å²) < 4.78 is 11.0. The molecule has 0 aromatic heterocycles. The average molecular weight is 518 g/mol. The molecule has 0 aliphatic carbocycles. The normalized spacial score (nSPS) is 15.0. The number of hydrogen-bond acceptors (Lipinski definition) is 4. The monoisotopic (exact) mass is 518 g/mol. The molecule has 1 aromatic rings. The van der Waals surface area contributed by atoms with Crippen LogP contribution in [-0.2, 0) is 20.8 Å². The molecule has 2 N–H and O–H groups in total. The molecule has 0 bridgehead atoms. The molecular formula is C21H35IN4O3. The molecule has 1 heterocycles. The molecule has 1 saturated heterocycles. The van der Waals surface area contributed by atoms with E-state index in [0.29, 0.717) is 12.6 Å². The van der Waals surface area contributed by atoms with E-state index < -0.39 is 0 Å². The van der Waals surface area contributed by atoms with Gasteiger partial charge in [0.1, 0.15) is 6.54 Å². The van der Waals surface area contributed by atoms with Crippen LogP contribution in [0.2, 0.25) is 0 Å². The van der Waals surface area contributed by atoms with Crippen LogP contribution in [-0.4, -0.2) is 69.4 Å². The van der Waals surface area contributed by atoms with Gasteiger partial charge in [-0.15, -0.1) is 24.0 Å². The van der Waals surface area contributed by atoms with Crippen molar-refractivity contribution in [3.05, 3.63) is 35.9 Å². The quantitative estimate of drug-likeness (QED) is 0.216. The minimum Gasteiger partial charge on any atom is -0.385 e. The number of ether oxygens (including phenoxy) is 2. The Morgan fingerprint density at radius 3 is 2.55 bits per heavy atom. The molecule has 1 fully saturated rings. The van der Waals surface area contributed by atoms with Gasteiger partial charge in [-0.25, -0.2) is 4.99 Å². The van der Waals surface area contributed by atoms with Crippen LogP contribution in [0, 0.1) is 0 Å². The molecule has 2 rings (SSSR count). The van der Waals surface area contributed by atoms with E-state index in [1.165, 1.54) is 0 Å². The number of methoxy groups -OCH3 is 1. The molecule has 8 heteroatoms. The Balaban J connectivity index is 0.00000420. The highest BCUT2D eigenvalue weighted by molar-refractivity contribution is 14.0. The Hall–Kier alpha value is -1.39. The third kappa shape index (κ3) is 10.3. The Kier molecular flexibility index (Phi) is 13.7. The number of benzene rings is 1. The number of piperidine rings is 1. The van der Waals surface area contributed by atoms with Crippen LogP contribution >= 0.6 is 24.0 Å². The number of halogens is 1. The molecule has 0 radical (unpaired) electrons. The largest absolute Gasteiger partial charge is 0.385 e. The number of carbonyl (C=O) groups is 1. The van der Waals surface area contributed by atoms with E-state index in [2.05, 4.69) is 20.5 Å². The first-order valence-electron chi connectivity index (χ1n) is 10.2. The molecule has 164 valence electrons. The number of aliphatic imine (C=N–C) groups is 1. The van der Waals surface area contributed by atoms with Crippen molar-refractivity contribution in [2.24, 2.45) is 4.99 Å². The molecule has 0 spiro atoms. The van der Waals surface area contributed by atoms with E-state index in [0.717, 1.165) is 63.6 Å². The number of amides is 1. The summed E-state index contributed by atoms with van der Waals surface area (Å²) in [7, 11) is 1.71. The van der Waals surface area contributed by atoms with Crippen LogP contribution in [0.1, 0.15) is 31.7 Å². The maximum absolute atomic E-state index is 12.1. The third-order valence-electron chi connectivity index (χ3n) is 4.63. The Morgan fingerprint density at radius 1 is 1.17 bits per heavy atom. The highest BCUT2D eigenvalue weighted by Crippen LogP contribution is 2.14. The van der Waals surface area contributed by atoms with Gasteiger partial charge in [-0.1, -0.05) is 30.3 Å². The molecule has 0 atom stereocenters. The van der Waals surface area contributed by atoms with Crippen LogP contribution in [0.5, 0.6) is 0 Å². The van der Waals surface area contributed by atoms with Crippen LogP contribution < -0.4 is 10.6 Å². The lowest BCUT2D eigenvalue weighted by Gasteiger charge is -2.34. The zero-order valence-corrected chi connectivity index (χ0v) is 19.9. The molecular weight excluding hydrogens is 483 g/mol. The summed E-state index contributed by atoms with van der Waals surface area (Å²) in [5.74, 6) is 0.728. The zero-order valence-electron chi connectivity index (χ0n) is 17.6. The molecule has 0 unspecified atom stereocenters. The highest BCUT2D eigenvalue weighted by atomic mass is 127. The van der Waals surface area contributed by atoms with Gasteiger partial charge in [0.2, 0.25) is 5.91 Å². The second-order valence-electron chi connectivity index (χ2n) is 6.84. The lowest BCUT2D eigenvalue weighted by atomic mass is 10.1. The predicted molar refractivity (Wildman–Crippen MR) is 127 cm³/mol. The third-order valence-corrected chi connectivity index (χ3v) is 4.63. The van der Waals surface area contributed by atoms with Crippen LogP contribution in [0.25, 0.3) is 0 Å². The van der Waals surface area contributed by atoms with Crippen molar-refractivity contribution in [2.75, 3.05) is 46.5 Å². The standard InChI is InChI=1S/C21H34N4O3.HI/c1-3-22-21(24-17-20(26)23-16-18-8-5-4-6-9-18)25-12-10-19(11-13-25)28-15-7-14-27-2;/h4-6,8-9,19H,3,7,10-17H2,1-2H3,(H,22,24)(H,23,26);1H. The fourth-order valence-corrected chi connectivity index (χ4v) is 3.11. The van der Waals surface area contributed by atoms with Crippen molar-refractivity contribution in [1.82, 2.24) is 15.5 Å². The molecule has 29 heavy (non-hydrogen) atoms. The van der Waals surface area contributed by atoms with E-state index >= 15 is 0 Å². The summed E-state index contributed by atoms with van der Waals surface area (Å²) in [4.78, 5) is 18.9. The molecule has 1 amide bonds. The molecule has 0 saturated carbocycles. The van der Waals surface area contributed by atoms with Crippen molar-refractivity contribution >= 4 is 35.8 Å². The number of carbonyl (C=O) groups excluding carboxylic acids is 1. The van der Waals surface area contributed by atoms with Crippen LogP contribution in [0.15, 0.2) is 35.3 Å². The average Bonchev–Trinajstić information content (AvgIpc) is 2.74. The predicted octanol–water partition coefficient (Wildman–Crippen LogP) is 2.40. The Bertz CT molecular complexity index is 593. The van der Waals surface area contributed by atoms with Gasteiger partial charge in [0.25, 0.3) is 0 Å². The van der Waals surface area contributed by atoms with E-state index in [9.17, 15) is 4.79 Å². The fourth-order valence-electron chi connectivity index (χ4n) is 3.11. The summed E-state index contributed by atoms with van der Waals surface area (Å²) in [5, 5.41) is 6.21. The van der Waals surface area contributed by atoms with Gasteiger partial charge in [-0.3, -0.25) is 4.79 Å². The van der Waals surface area contributed by atoms with Crippen molar-refractivity contribution in [1.29, 1.82) is 0 Å². The number of guanidine groups is 1. The smallest absolute Gasteiger partial charge is 0.242 e. The van der Waals surface area contributed by atoms with Gasteiger partial charge >= 0.3 is 0 Å². The molecule has 1 aliphatic heterocycles. The second kappa shape index (κ2) is 15.4. The van der Waals surface area contributed by atoms with Crippen molar-refractivity contribution in [2.45, 2.75) is 38.8 Å². The number of nitrogens with one attached hydrogen (secondary N) is 2. The van der Waals surface area contributed by atoms with Crippen molar-refractivity contribution < 1.29 is 14.3 Å². The van der Waals surface area contributed by atoms with Crippen molar-refractivity contribution in [3.8, 4) is 0 Å².